The van der Waals surface area contributed by atoms with E-state index in [2.05, 4.69) is 12.0 Å². The van der Waals surface area contributed by atoms with Crippen LogP contribution >= 0.6 is 23.5 Å². The fraction of sp³-hybridized carbons (Fsp3) is 0.692. The van der Waals surface area contributed by atoms with Crippen molar-refractivity contribution in [3.05, 3.63) is 11.9 Å². The number of rotatable bonds is 5. The number of ether oxygens (including phenoxy) is 1. The van der Waals surface area contributed by atoms with Crippen LogP contribution in [0.25, 0.3) is 0 Å². The molecule has 1 aliphatic rings. The van der Waals surface area contributed by atoms with E-state index in [1.807, 2.05) is 18.7 Å². The molecule has 0 radical (unpaired) electrons. The third kappa shape index (κ3) is 2.94. The smallest absolute Gasteiger partial charge is 0.198 e. The SMILES string of the molecule is CCC1SCCSC1C(=O)c1c(OC)cnn1CC. The van der Waals surface area contributed by atoms with Crippen LogP contribution in [-0.2, 0) is 6.54 Å². The van der Waals surface area contributed by atoms with E-state index >= 15 is 0 Å². The predicted octanol–water partition coefficient (Wildman–Crippen LogP) is 2.72. The molecule has 0 aromatic carbocycles. The highest BCUT2D eigenvalue weighted by Crippen LogP contribution is 2.36. The van der Waals surface area contributed by atoms with Crippen molar-refractivity contribution in [1.82, 2.24) is 9.78 Å². The van der Waals surface area contributed by atoms with Crippen LogP contribution in [0, 0.1) is 0 Å². The number of aryl methyl sites for hydroxylation is 1. The van der Waals surface area contributed by atoms with Crippen LogP contribution in [0.5, 0.6) is 5.75 Å². The number of ketones is 1. The summed E-state index contributed by atoms with van der Waals surface area (Å²) in [7, 11) is 1.59. The van der Waals surface area contributed by atoms with E-state index in [-0.39, 0.29) is 11.0 Å². The summed E-state index contributed by atoms with van der Waals surface area (Å²) >= 11 is 3.69. The normalized spacial score (nSPS) is 23.3. The molecular formula is C13H20N2O2S2. The summed E-state index contributed by atoms with van der Waals surface area (Å²) in [5.74, 6) is 2.94. The lowest BCUT2D eigenvalue weighted by molar-refractivity contribution is 0.0974. The van der Waals surface area contributed by atoms with Crippen LogP contribution < -0.4 is 4.74 Å². The Balaban J connectivity index is 2.29. The predicted molar refractivity (Wildman–Crippen MR) is 81.6 cm³/mol. The standard InChI is InChI=1S/C13H20N2O2S2/c1-4-10-13(19-7-6-18-10)12(16)11-9(17-3)8-14-15(11)5-2/h8,10,13H,4-7H2,1-3H3. The molecule has 0 amide bonds. The third-order valence-corrected chi connectivity index (χ3v) is 6.52. The minimum absolute atomic E-state index is 0.0275. The molecule has 19 heavy (non-hydrogen) atoms. The van der Waals surface area contributed by atoms with Crippen molar-refractivity contribution in [2.75, 3.05) is 18.6 Å². The number of nitrogens with zero attached hydrogens (tertiary/aromatic N) is 2. The van der Waals surface area contributed by atoms with Gasteiger partial charge in [0.15, 0.2) is 11.5 Å². The van der Waals surface area contributed by atoms with E-state index < -0.39 is 0 Å². The Kier molecular flexibility index (Phi) is 5.21. The first-order valence-corrected chi connectivity index (χ1v) is 8.69. The number of Topliss-reactive ketones (excluding diaryl/α,β-unsaturated/α-hetero) is 1. The monoisotopic (exact) mass is 300 g/mol. The Bertz CT molecular complexity index is 426. The molecule has 6 heteroatoms. The van der Waals surface area contributed by atoms with E-state index in [0.717, 1.165) is 17.9 Å². The van der Waals surface area contributed by atoms with Crippen molar-refractivity contribution < 1.29 is 9.53 Å². The van der Waals surface area contributed by atoms with Crippen LogP contribution in [0.1, 0.15) is 30.8 Å². The zero-order valence-corrected chi connectivity index (χ0v) is 13.2. The highest BCUT2D eigenvalue weighted by Gasteiger charge is 2.34. The van der Waals surface area contributed by atoms with Crippen LogP contribution in [0.3, 0.4) is 0 Å². The van der Waals surface area contributed by atoms with Gasteiger partial charge < -0.3 is 4.74 Å². The second-order valence-corrected chi connectivity index (χ2v) is 6.95. The van der Waals surface area contributed by atoms with E-state index in [1.165, 1.54) is 0 Å². The minimum atomic E-state index is 0.0275. The second-order valence-electron chi connectivity index (χ2n) is 4.35. The van der Waals surface area contributed by atoms with Crippen molar-refractivity contribution in [3.8, 4) is 5.75 Å². The Labute approximate surface area is 122 Å². The summed E-state index contributed by atoms with van der Waals surface area (Å²) in [5, 5.41) is 4.65. The molecule has 0 aliphatic carbocycles. The molecule has 2 rings (SSSR count). The maximum Gasteiger partial charge on any atom is 0.198 e. The molecule has 0 saturated carbocycles. The number of hydrogen-bond acceptors (Lipinski definition) is 5. The van der Waals surface area contributed by atoms with Gasteiger partial charge in [-0.3, -0.25) is 9.48 Å². The molecule has 1 aromatic rings. The lowest BCUT2D eigenvalue weighted by atomic mass is 10.1. The molecule has 1 aliphatic heterocycles. The summed E-state index contributed by atoms with van der Waals surface area (Å²) in [5.41, 5.74) is 0.628. The maximum absolute atomic E-state index is 12.8. The molecule has 0 N–H and O–H groups in total. The number of thioether (sulfide) groups is 2. The van der Waals surface area contributed by atoms with Crippen LogP contribution in [0.2, 0.25) is 0 Å². The number of aromatic nitrogens is 2. The summed E-state index contributed by atoms with van der Waals surface area (Å²) in [4.78, 5) is 12.8. The first-order valence-electron chi connectivity index (χ1n) is 6.60. The molecule has 1 aromatic heterocycles. The average Bonchev–Trinajstić information content (AvgIpc) is 2.89. The molecule has 2 heterocycles. The first kappa shape index (κ1) is 14.8. The molecule has 0 bridgehead atoms. The number of carbonyl (C=O) groups is 1. The van der Waals surface area contributed by atoms with Crippen molar-refractivity contribution in [3.63, 3.8) is 0 Å². The summed E-state index contributed by atoms with van der Waals surface area (Å²) < 4.78 is 7.03. The average molecular weight is 300 g/mol. The third-order valence-electron chi connectivity index (χ3n) is 3.27. The van der Waals surface area contributed by atoms with Gasteiger partial charge in [-0.1, -0.05) is 6.92 Å². The van der Waals surface area contributed by atoms with Gasteiger partial charge in [0.1, 0.15) is 5.69 Å². The maximum atomic E-state index is 12.8. The van der Waals surface area contributed by atoms with E-state index in [4.69, 9.17) is 4.74 Å². The van der Waals surface area contributed by atoms with E-state index in [9.17, 15) is 4.79 Å². The number of carbonyl (C=O) groups excluding carboxylic acids is 1. The molecule has 0 spiro atoms. The lowest BCUT2D eigenvalue weighted by Crippen LogP contribution is -2.34. The summed E-state index contributed by atoms with van der Waals surface area (Å²) in [6, 6.07) is 0. The van der Waals surface area contributed by atoms with Crippen molar-refractivity contribution in [1.29, 1.82) is 0 Å². The quantitative estimate of drug-likeness (QED) is 0.782. The van der Waals surface area contributed by atoms with Gasteiger partial charge in [0.25, 0.3) is 0 Å². The Morgan fingerprint density at radius 3 is 2.84 bits per heavy atom. The Hall–Kier alpha value is -0.620. The van der Waals surface area contributed by atoms with Gasteiger partial charge in [0.05, 0.1) is 18.6 Å². The van der Waals surface area contributed by atoms with Crippen LogP contribution in [0.15, 0.2) is 6.20 Å². The molecule has 2 atom stereocenters. The first-order chi connectivity index (χ1) is 9.22. The highest BCUT2D eigenvalue weighted by atomic mass is 32.2. The molecule has 2 unspecified atom stereocenters. The van der Waals surface area contributed by atoms with Crippen molar-refractivity contribution >= 4 is 29.3 Å². The molecule has 106 valence electrons. The van der Waals surface area contributed by atoms with Gasteiger partial charge in [0, 0.05) is 23.3 Å². The van der Waals surface area contributed by atoms with E-state index in [1.54, 1.807) is 29.8 Å². The van der Waals surface area contributed by atoms with Gasteiger partial charge in [-0.2, -0.15) is 16.9 Å². The second kappa shape index (κ2) is 6.70. The molecular weight excluding hydrogens is 280 g/mol. The van der Waals surface area contributed by atoms with Gasteiger partial charge >= 0.3 is 0 Å². The minimum Gasteiger partial charge on any atom is -0.493 e. The Morgan fingerprint density at radius 2 is 2.21 bits per heavy atom. The topological polar surface area (TPSA) is 44.1 Å². The molecule has 1 fully saturated rings. The van der Waals surface area contributed by atoms with Crippen molar-refractivity contribution in [2.24, 2.45) is 0 Å². The molecule has 1 saturated heterocycles. The van der Waals surface area contributed by atoms with Gasteiger partial charge in [-0.25, -0.2) is 0 Å². The lowest BCUT2D eigenvalue weighted by Gasteiger charge is -2.28. The summed E-state index contributed by atoms with van der Waals surface area (Å²) in [6.45, 7) is 4.83. The fourth-order valence-corrected chi connectivity index (χ4v) is 5.29. The van der Waals surface area contributed by atoms with Gasteiger partial charge in [-0.15, -0.1) is 11.8 Å². The number of hydrogen-bond donors (Lipinski definition) is 0. The van der Waals surface area contributed by atoms with E-state index in [0.29, 0.717) is 23.2 Å². The molecule has 4 nitrogen and oxygen atoms in total. The van der Waals surface area contributed by atoms with Gasteiger partial charge in [-0.05, 0) is 13.3 Å². The van der Waals surface area contributed by atoms with Crippen LogP contribution in [0.4, 0.5) is 0 Å². The largest absolute Gasteiger partial charge is 0.493 e. The number of methoxy groups -OCH3 is 1. The van der Waals surface area contributed by atoms with Crippen LogP contribution in [-0.4, -0.2) is 44.7 Å². The summed E-state index contributed by atoms with van der Waals surface area (Å²) in [6.07, 6.45) is 2.66. The zero-order valence-electron chi connectivity index (χ0n) is 11.6. The fourth-order valence-electron chi connectivity index (χ4n) is 2.29. The zero-order chi connectivity index (χ0) is 13.8. The van der Waals surface area contributed by atoms with Crippen molar-refractivity contribution in [2.45, 2.75) is 37.3 Å². The van der Waals surface area contributed by atoms with Gasteiger partial charge in [0.2, 0.25) is 0 Å². The highest BCUT2D eigenvalue weighted by molar-refractivity contribution is 8.07. The Morgan fingerprint density at radius 1 is 1.47 bits per heavy atom.